The average molecular weight is 171 g/mol. The monoisotopic (exact) mass is 170 g/mol. The van der Waals surface area contributed by atoms with E-state index in [1.54, 1.807) is 0 Å². The lowest BCUT2D eigenvalue weighted by Crippen LogP contribution is -2.26. The standard InChI is InChI=1S/C8H11ClN2/c9-8-10-5-6-3-1-2-4-7(6)11-8/h1-5H2,(H,10,11). The second-order valence-electron chi connectivity index (χ2n) is 3.02. The lowest BCUT2D eigenvalue weighted by Gasteiger charge is -2.23. The first-order valence-electron chi connectivity index (χ1n) is 4.04. The number of rotatable bonds is 0. The summed E-state index contributed by atoms with van der Waals surface area (Å²) in [6.07, 6.45) is 4.96. The highest BCUT2D eigenvalue weighted by molar-refractivity contribution is 6.65. The number of nitrogens with zero attached hydrogens (tertiary/aromatic N) is 1. The Balaban J connectivity index is 2.16. The molecule has 0 aromatic carbocycles. The van der Waals surface area contributed by atoms with Crippen LogP contribution in [0.2, 0.25) is 0 Å². The third kappa shape index (κ3) is 1.41. The molecular weight excluding hydrogens is 160 g/mol. The molecule has 0 spiro atoms. The molecule has 0 atom stereocenters. The highest BCUT2D eigenvalue weighted by atomic mass is 35.5. The Morgan fingerprint density at radius 3 is 3.00 bits per heavy atom. The van der Waals surface area contributed by atoms with E-state index in [9.17, 15) is 0 Å². The van der Waals surface area contributed by atoms with Crippen LogP contribution in [0.25, 0.3) is 0 Å². The topological polar surface area (TPSA) is 24.4 Å². The van der Waals surface area contributed by atoms with Crippen LogP contribution in [0, 0.1) is 0 Å². The molecule has 60 valence electrons. The summed E-state index contributed by atoms with van der Waals surface area (Å²) in [6, 6.07) is 0. The molecule has 11 heavy (non-hydrogen) atoms. The van der Waals surface area contributed by atoms with Gasteiger partial charge in [-0.15, -0.1) is 0 Å². The van der Waals surface area contributed by atoms with Gasteiger partial charge in [-0.2, -0.15) is 0 Å². The van der Waals surface area contributed by atoms with Crippen molar-refractivity contribution < 1.29 is 0 Å². The van der Waals surface area contributed by atoms with Crippen molar-refractivity contribution in [3.63, 3.8) is 0 Å². The summed E-state index contributed by atoms with van der Waals surface area (Å²) >= 11 is 5.74. The molecule has 0 aromatic heterocycles. The summed E-state index contributed by atoms with van der Waals surface area (Å²) < 4.78 is 0. The Labute approximate surface area is 71.3 Å². The summed E-state index contributed by atoms with van der Waals surface area (Å²) in [7, 11) is 0. The zero-order valence-electron chi connectivity index (χ0n) is 6.36. The molecule has 2 nitrogen and oxygen atoms in total. The Hall–Kier alpha value is -0.500. The van der Waals surface area contributed by atoms with E-state index < -0.39 is 0 Å². The van der Waals surface area contributed by atoms with E-state index in [2.05, 4.69) is 10.3 Å². The first kappa shape index (κ1) is 7.17. The van der Waals surface area contributed by atoms with E-state index in [1.165, 1.54) is 30.5 Å². The van der Waals surface area contributed by atoms with E-state index in [-0.39, 0.29) is 0 Å². The zero-order valence-corrected chi connectivity index (χ0v) is 7.12. The Bertz CT molecular complexity index is 230. The lowest BCUT2D eigenvalue weighted by atomic mass is 9.96. The van der Waals surface area contributed by atoms with Gasteiger partial charge in [-0.3, -0.25) is 4.99 Å². The molecular formula is C8H11ClN2. The maximum atomic E-state index is 5.74. The Kier molecular flexibility index (Phi) is 1.86. The minimum absolute atomic E-state index is 0.561. The van der Waals surface area contributed by atoms with Crippen LogP contribution in [0.3, 0.4) is 0 Å². The van der Waals surface area contributed by atoms with Gasteiger partial charge in [0.1, 0.15) is 0 Å². The Morgan fingerprint density at radius 1 is 1.27 bits per heavy atom. The molecule has 0 unspecified atom stereocenters. The van der Waals surface area contributed by atoms with Gasteiger partial charge >= 0.3 is 0 Å². The van der Waals surface area contributed by atoms with Gasteiger partial charge in [0.2, 0.25) is 0 Å². The molecule has 0 saturated heterocycles. The number of amidine groups is 1. The number of aliphatic imine (C=N–C) groups is 1. The molecule has 1 heterocycles. The fraction of sp³-hybridized carbons (Fsp3) is 0.625. The molecule has 0 fully saturated rings. The molecule has 1 N–H and O–H groups in total. The molecule has 2 aliphatic rings. The van der Waals surface area contributed by atoms with Crippen molar-refractivity contribution in [2.45, 2.75) is 25.7 Å². The predicted molar refractivity (Wildman–Crippen MR) is 46.8 cm³/mol. The van der Waals surface area contributed by atoms with E-state index in [1.807, 2.05) is 0 Å². The first-order valence-corrected chi connectivity index (χ1v) is 4.42. The largest absolute Gasteiger partial charge is 0.334 e. The van der Waals surface area contributed by atoms with Crippen molar-refractivity contribution in [1.29, 1.82) is 0 Å². The minimum Gasteiger partial charge on any atom is -0.334 e. The number of hydrogen-bond donors (Lipinski definition) is 1. The predicted octanol–water partition coefficient (Wildman–Crippen LogP) is 2.01. The molecule has 0 bridgehead atoms. The molecule has 0 aromatic rings. The van der Waals surface area contributed by atoms with Crippen LogP contribution in [0.1, 0.15) is 25.7 Å². The third-order valence-electron chi connectivity index (χ3n) is 2.24. The SMILES string of the molecule is ClC1=NCC2=C(CCCC2)N1. The van der Waals surface area contributed by atoms with Gasteiger partial charge in [-0.25, -0.2) is 0 Å². The summed E-state index contributed by atoms with van der Waals surface area (Å²) in [5.41, 5.74) is 2.79. The van der Waals surface area contributed by atoms with Gasteiger partial charge in [0, 0.05) is 5.70 Å². The van der Waals surface area contributed by atoms with Crippen molar-refractivity contribution in [3.8, 4) is 0 Å². The highest BCUT2D eigenvalue weighted by Gasteiger charge is 2.16. The number of hydrogen-bond acceptors (Lipinski definition) is 2. The van der Waals surface area contributed by atoms with E-state index in [0.29, 0.717) is 5.29 Å². The summed E-state index contributed by atoms with van der Waals surface area (Å²) in [5, 5.41) is 3.67. The van der Waals surface area contributed by atoms with Crippen molar-refractivity contribution >= 4 is 16.9 Å². The fourth-order valence-corrected chi connectivity index (χ4v) is 1.80. The second kappa shape index (κ2) is 2.86. The van der Waals surface area contributed by atoms with Crippen molar-refractivity contribution in [3.05, 3.63) is 11.3 Å². The molecule has 2 rings (SSSR count). The summed E-state index contributed by atoms with van der Waals surface area (Å²) in [6.45, 7) is 0.821. The number of allylic oxidation sites excluding steroid dienone is 1. The van der Waals surface area contributed by atoms with Crippen LogP contribution >= 0.6 is 11.6 Å². The minimum atomic E-state index is 0.561. The Morgan fingerprint density at radius 2 is 2.09 bits per heavy atom. The van der Waals surface area contributed by atoms with Gasteiger partial charge in [0.15, 0.2) is 5.29 Å². The molecule has 0 saturated carbocycles. The number of nitrogens with one attached hydrogen (secondary N) is 1. The molecule has 0 radical (unpaired) electrons. The van der Waals surface area contributed by atoms with Gasteiger partial charge in [-0.05, 0) is 42.9 Å². The van der Waals surface area contributed by atoms with Gasteiger partial charge in [0.05, 0.1) is 6.54 Å². The van der Waals surface area contributed by atoms with Crippen molar-refractivity contribution in [1.82, 2.24) is 5.32 Å². The quantitative estimate of drug-likeness (QED) is 0.553. The van der Waals surface area contributed by atoms with Crippen LogP contribution < -0.4 is 5.32 Å². The highest BCUT2D eigenvalue weighted by Crippen LogP contribution is 2.25. The maximum Gasteiger partial charge on any atom is 0.195 e. The average Bonchev–Trinajstić information content (AvgIpc) is 2.04. The van der Waals surface area contributed by atoms with E-state index in [0.717, 1.165) is 13.0 Å². The molecule has 3 heteroatoms. The first-order chi connectivity index (χ1) is 5.36. The lowest BCUT2D eigenvalue weighted by molar-refractivity contribution is 0.636. The van der Waals surface area contributed by atoms with Gasteiger partial charge in [0.25, 0.3) is 0 Å². The smallest absolute Gasteiger partial charge is 0.195 e. The number of halogens is 1. The van der Waals surface area contributed by atoms with Crippen LogP contribution in [0.4, 0.5) is 0 Å². The van der Waals surface area contributed by atoms with Crippen molar-refractivity contribution in [2.75, 3.05) is 6.54 Å². The maximum absolute atomic E-state index is 5.74. The fourth-order valence-electron chi connectivity index (χ4n) is 1.62. The van der Waals surface area contributed by atoms with E-state index >= 15 is 0 Å². The van der Waals surface area contributed by atoms with Crippen LogP contribution in [0.15, 0.2) is 16.3 Å². The zero-order chi connectivity index (χ0) is 7.68. The van der Waals surface area contributed by atoms with Crippen molar-refractivity contribution in [2.24, 2.45) is 4.99 Å². The second-order valence-corrected chi connectivity index (χ2v) is 3.38. The van der Waals surface area contributed by atoms with E-state index in [4.69, 9.17) is 11.6 Å². The van der Waals surface area contributed by atoms with Gasteiger partial charge in [-0.1, -0.05) is 0 Å². The molecule has 1 aliphatic heterocycles. The van der Waals surface area contributed by atoms with Crippen LogP contribution in [-0.2, 0) is 0 Å². The summed E-state index contributed by atoms with van der Waals surface area (Å²) in [5.74, 6) is 0. The van der Waals surface area contributed by atoms with Crippen LogP contribution in [-0.4, -0.2) is 11.8 Å². The molecule has 1 aliphatic carbocycles. The molecule has 0 amide bonds. The normalized spacial score (nSPS) is 23.9. The third-order valence-corrected chi connectivity index (χ3v) is 2.46. The van der Waals surface area contributed by atoms with Crippen LogP contribution in [0.5, 0.6) is 0 Å². The summed E-state index contributed by atoms with van der Waals surface area (Å²) in [4.78, 5) is 4.13. The van der Waals surface area contributed by atoms with Gasteiger partial charge < -0.3 is 5.32 Å².